The Kier molecular flexibility index (Phi) is 1.82. The lowest BCUT2D eigenvalue weighted by molar-refractivity contribution is 0.469. The van der Waals surface area contributed by atoms with Crippen molar-refractivity contribution in [2.45, 2.75) is 6.92 Å². The van der Waals surface area contributed by atoms with E-state index in [4.69, 9.17) is 0 Å². The summed E-state index contributed by atoms with van der Waals surface area (Å²) in [5, 5.41) is 9.36. The van der Waals surface area contributed by atoms with E-state index >= 15 is 0 Å². The first-order chi connectivity index (χ1) is 7.00. The van der Waals surface area contributed by atoms with E-state index in [1.165, 1.54) is 16.5 Å². The number of hydrogen-bond acceptors (Lipinski definition) is 4. The third kappa shape index (κ3) is 1.28. The molecule has 1 N–H and O–H groups in total. The first kappa shape index (κ1) is 9.39. The van der Waals surface area contributed by atoms with Crippen LogP contribution in [0.4, 0.5) is 0 Å². The third-order valence-corrected chi connectivity index (χ3v) is 2.18. The summed E-state index contributed by atoms with van der Waals surface area (Å²) in [6.45, 7) is 5.06. The summed E-state index contributed by atoms with van der Waals surface area (Å²) in [5.74, 6) is -0.252. The van der Waals surface area contributed by atoms with Crippen molar-refractivity contribution in [1.29, 1.82) is 0 Å². The molecule has 15 heavy (non-hydrogen) atoms. The van der Waals surface area contributed by atoms with E-state index in [-0.39, 0.29) is 16.6 Å². The predicted octanol–water partition coefficient (Wildman–Crippen LogP) is -0.802. The molecule has 0 atom stereocenters. The van der Waals surface area contributed by atoms with Crippen molar-refractivity contribution < 1.29 is 5.11 Å². The van der Waals surface area contributed by atoms with Crippen molar-refractivity contribution in [3.63, 3.8) is 0 Å². The number of fused-ring (bicyclic) bond motifs is 1. The highest BCUT2D eigenvalue weighted by Crippen LogP contribution is 2.02. The zero-order valence-electron chi connectivity index (χ0n) is 8.02. The van der Waals surface area contributed by atoms with Crippen LogP contribution in [-0.4, -0.2) is 14.5 Å². The largest absolute Gasteiger partial charge is 0.507 e. The van der Waals surface area contributed by atoms with Crippen LogP contribution in [0.3, 0.4) is 0 Å². The molecule has 0 fully saturated rings. The van der Waals surface area contributed by atoms with Crippen molar-refractivity contribution in [2.75, 3.05) is 0 Å². The highest BCUT2D eigenvalue weighted by atomic mass is 16.3. The van der Waals surface area contributed by atoms with Gasteiger partial charge in [-0.3, -0.25) is 14.0 Å². The number of aryl methyl sites for hydroxylation is 1. The van der Waals surface area contributed by atoms with E-state index in [0.29, 0.717) is 5.69 Å². The average Bonchev–Trinajstić information content (AvgIpc) is 2.13. The van der Waals surface area contributed by atoms with Crippen molar-refractivity contribution in [3.8, 4) is 5.75 Å². The summed E-state index contributed by atoms with van der Waals surface area (Å²) in [4.78, 5) is 26.4. The maximum absolute atomic E-state index is 11.7. The summed E-state index contributed by atoms with van der Waals surface area (Å²) >= 11 is 0. The molecular formula is C10H8N2O3. The van der Waals surface area contributed by atoms with Gasteiger partial charge in [0, 0.05) is 17.8 Å². The first-order valence-corrected chi connectivity index (χ1v) is 4.26. The van der Waals surface area contributed by atoms with Crippen LogP contribution in [0, 0.1) is 6.92 Å². The van der Waals surface area contributed by atoms with E-state index in [2.05, 4.69) is 11.6 Å². The van der Waals surface area contributed by atoms with E-state index in [0.717, 1.165) is 0 Å². The summed E-state index contributed by atoms with van der Waals surface area (Å²) < 4.78 is 1.24. The Bertz CT molecular complexity index is 703. The van der Waals surface area contributed by atoms with Gasteiger partial charge in [-0.05, 0) is 6.92 Å². The van der Waals surface area contributed by atoms with Crippen molar-refractivity contribution in [3.05, 3.63) is 43.8 Å². The lowest BCUT2D eigenvalue weighted by Gasteiger charge is -2.03. The Morgan fingerprint density at radius 2 is 2.07 bits per heavy atom. The molecule has 0 saturated carbocycles. The summed E-state index contributed by atoms with van der Waals surface area (Å²) in [5.41, 5.74) is -0.298. The number of aromatic hydroxyl groups is 1. The van der Waals surface area contributed by atoms with Crippen LogP contribution < -0.4 is 16.3 Å². The molecule has 0 bridgehead atoms. The second-order valence-electron chi connectivity index (χ2n) is 3.24. The average molecular weight is 204 g/mol. The number of pyridine rings is 1. The molecule has 5 nitrogen and oxygen atoms in total. The molecule has 0 aliphatic rings. The van der Waals surface area contributed by atoms with E-state index in [9.17, 15) is 14.7 Å². The van der Waals surface area contributed by atoms with Crippen LogP contribution in [-0.2, 0) is 0 Å². The zero-order valence-corrected chi connectivity index (χ0v) is 8.02. The molecule has 0 amide bonds. The highest BCUT2D eigenvalue weighted by molar-refractivity contribution is 5.45. The topological polar surface area (TPSA) is 71.7 Å². The van der Waals surface area contributed by atoms with Crippen LogP contribution >= 0.6 is 0 Å². The third-order valence-electron chi connectivity index (χ3n) is 2.18. The lowest BCUT2D eigenvalue weighted by Crippen LogP contribution is -2.32. The monoisotopic (exact) mass is 204 g/mol. The molecule has 5 heteroatoms. The minimum Gasteiger partial charge on any atom is -0.507 e. The van der Waals surface area contributed by atoms with Gasteiger partial charge in [0.2, 0.25) is 0 Å². The normalized spacial score (nSPS) is 10.7. The summed E-state index contributed by atoms with van der Waals surface area (Å²) in [7, 11) is 0. The second kappa shape index (κ2) is 2.91. The van der Waals surface area contributed by atoms with Crippen LogP contribution in [0.25, 0.3) is 12.2 Å². The number of aromatic nitrogens is 2. The van der Waals surface area contributed by atoms with E-state index < -0.39 is 11.1 Å². The molecule has 0 radical (unpaired) electrons. The molecule has 0 aliphatic heterocycles. The van der Waals surface area contributed by atoms with Gasteiger partial charge in [0.15, 0.2) is 0 Å². The van der Waals surface area contributed by atoms with Gasteiger partial charge in [-0.1, -0.05) is 6.58 Å². The molecule has 0 aromatic carbocycles. The minimum atomic E-state index is -0.463. The Morgan fingerprint density at radius 3 is 2.73 bits per heavy atom. The fourth-order valence-electron chi connectivity index (χ4n) is 1.43. The number of hydrogen-bond donors (Lipinski definition) is 1. The Labute approximate surface area is 83.9 Å². The lowest BCUT2D eigenvalue weighted by atomic mass is 10.3. The zero-order chi connectivity index (χ0) is 11.2. The van der Waals surface area contributed by atoms with Gasteiger partial charge in [0.25, 0.3) is 11.1 Å². The molecular weight excluding hydrogens is 196 g/mol. The van der Waals surface area contributed by atoms with E-state index in [1.807, 2.05) is 0 Å². The van der Waals surface area contributed by atoms with Crippen LogP contribution in [0.5, 0.6) is 5.75 Å². The second-order valence-corrected chi connectivity index (χ2v) is 3.24. The van der Waals surface area contributed by atoms with E-state index in [1.54, 1.807) is 6.92 Å². The maximum atomic E-state index is 11.7. The molecule has 2 rings (SSSR count). The molecule has 0 spiro atoms. The van der Waals surface area contributed by atoms with Crippen molar-refractivity contribution in [1.82, 2.24) is 9.38 Å². The summed E-state index contributed by atoms with van der Waals surface area (Å²) in [6.07, 6.45) is 0. The minimum absolute atomic E-state index is 0.00366. The molecule has 76 valence electrons. The van der Waals surface area contributed by atoms with Crippen LogP contribution in [0.15, 0.2) is 21.7 Å². The van der Waals surface area contributed by atoms with Crippen LogP contribution in [0.1, 0.15) is 5.69 Å². The van der Waals surface area contributed by atoms with Gasteiger partial charge < -0.3 is 5.11 Å². The standard InChI is InChI=1S/C10H8N2O3/c1-5-3-9(14)11-8-4-7(13)6(2)10(15)12(5)8/h3-4,13H,2H2,1H3. The van der Waals surface area contributed by atoms with Gasteiger partial charge in [-0.25, -0.2) is 0 Å². The van der Waals surface area contributed by atoms with Gasteiger partial charge in [0.1, 0.15) is 11.4 Å². The van der Waals surface area contributed by atoms with Crippen molar-refractivity contribution >= 4 is 12.2 Å². The van der Waals surface area contributed by atoms with Crippen molar-refractivity contribution in [2.24, 2.45) is 0 Å². The fraction of sp³-hybridized carbons (Fsp3) is 0.100. The molecule has 0 saturated heterocycles. The molecule has 2 aromatic rings. The predicted molar refractivity (Wildman–Crippen MR) is 54.9 cm³/mol. The SMILES string of the molecule is C=c1c(O)cc2nc(=O)cc(C)n2c1=O. The Balaban J connectivity index is 3.20. The number of nitrogens with zero attached hydrogens (tertiary/aromatic N) is 2. The Morgan fingerprint density at radius 1 is 1.40 bits per heavy atom. The Hall–Kier alpha value is -2.17. The molecule has 2 heterocycles. The summed E-state index contributed by atoms with van der Waals surface area (Å²) in [6, 6.07) is 2.50. The molecule has 2 aromatic heterocycles. The number of rotatable bonds is 0. The molecule has 0 unspecified atom stereocenters. The molecule has 0 aliphatic carbocycles. The fourth-order valence-corrected chi connectivity index (χ4v) is 1.43. The first-order valence-electron chi connectivity index (χ1n) is 4.26. The van der Waals surface area contributed by atoms with Gasteiger partial charge in [0.05, 0.1) is 5.22 Å². The maximum Gasteiger partial charge on any atom is 0.273 e. The van der Waals surface area contributed by atoms with Gasteiger partial charge >= 0.3 is 0 Å². The quantitative estimate of drug-likeness (QED) is 0.609. The smallest absolute Gasteiger partial charge is 0.273 e. The highest BCUT2D eigenvalue weighted by Gasteiger charge is 2.06. The van der Waals surface area contributed by atoms with Gasteiger partial charge in [-0.2, -0.15) is 4.98 Å². The van der Waals surface area contributed by atoms with Gasteiger partial charge in [-0.15, -0.1) is 0 Å². The van der Waals surface area contributed by atoms with Crippen LogP contribution in [0.2, 0.25) is 0 Å².